The molecular weight excluding hydrogens is 262 g/mol. The van der Waals surface area contributed by atoms with Crippen LogP contribution in [-0.4, -0.2) is 26.0 Å². The van der Waals surface area contributed by atoms with E-state index in [-0.39, 0.29) is 11.3 Å². The molecule has 0 bridgehead atoms. The fraction of sp³-hybridized carbons (Fsp3) is 0.154. The predicted octanol–water partition coefficient (Wildman–Crippen LogP) is 2.37. The first-order valence-corrected chi connectivity index (χ1v) is 5.73. The number of hydrogen-bond acceptors (Lipinski definition) is 5. The van der Waals surface area contributed by atoms with Gasteiger partial charge in [0, 0.05) is 17.7 Å². The number of non-ortho nitro benzene ring substituents is 1. The van der Waals surface area contributed by atoms with E-state index in [1.807, 2.05) is 0 Å². The molecule has 0 aliphatic rings. The van der Waals surface area contributed by atoms with E-state index in [1.165, 1.54) is 24.3 Å². The van der Waals surface area contributed by atoms with Crippen molar-refractivity contribution in [1.29, 1.82) is 0 Å². The van der Waals surface area contributed by atoms with Gasteiger partial charge in [-0.25, -0.2) is 14.8 Å². The summed E-state index contributed by atoms with van der Waals surface area (Å²) in [5.74, 6) is -0.727. The van der Waals surface area contributed by atoms with E-state index in [0.717, 1.165) is 0 Å². The number of aromatic carboxylic acids is 1. The third kappa shape index (κ3) is 2.46. The van der Waals surface area contributed by atoms with Crippen molar-refractivity contribution in [2.75, 3.05) is 0 Å². The number of nitro groups is 1. The van der Waals surface area contributed by atoms with Crippen molar-refractivity contribution in [2.24, 2.45) is 0 Å². The van der Waals surface area contributed by atoms with Gasteiger partial charge in [-0.15, -0.1) is 0 Å². The zero-order chi connectivity index (χ0) is 14.9. The van der Waals surface area contributed by atoms with Gasteiger partial charge in [0.2, 0.25) is 0 Å². The van der Waals surface area contributed by atoms with Crippen LogP contribution in [-0.2, 0) is 0 Å². The summed E-state index contributed by atoms with van der Waals surface area (Å²) in [6.45, 7) is 3.18. The number of carboxylic acids is 1. The van der Waals surface area contributed by atoms with Gasteiger partial charge in [0.25, 0.3) is 5.69 Å². The summed E-state index contributed by atoms with van der Waals surface area (Å²) < 4.78 is 0. The fourth-order valence-electron chi connectivity index (χ4n) is 1.89. The number of hydrogen-bond donors (Lipinski definition) is 1. The van der Waals surface area contributed by atoms with Crippen molar-refractivity contribution in [3.05, 3.63) is 51.3 Å². The summed E-state index contributed by atoms with van der Waals surface area (Å²) in [6.07, 6.45) is 0. The van der Waals surface area contributed by atoms with Gasteiger partial charge in [0.1, 0.15) is 5.56 Å². The summed E-state index contributed by atoms with van der Waals surface area (Å²) in [5, 5.41) is 19.6. The first-order valence-electron chi connectivity index (χ1n) is 5.73. The van der Waals surface area contributed by atoms with Gasteiger partial charge in [0.15, 0.2) is 5.82 Å². The topological polar surface area (TPSA) is 106 Å². The Morgan fingerprint density at radius 3 is 2.05 bits per heavy atom. The van der Waals surface area contributed by atoms with Crippen molar-refractivity contribution in [1.82, 2.24) is 9.97 Å². The second-order valence-corrected chi connectivity index (χ2v) is 4.20. The summed E-state index contributed by atoms with van der Waals surface area (Å²) in [6, 6.07) is 5.78. The highest BCUT2D eigenvalue weighted by atomic mass is 16.6. The van der Waals surface area contributed by atoms with E-state index in [4.69, 9.17) is 5.11 Å². The van der Waals surface area contributed by atoms with Gasteiger partial charge >= 0.3 is 5.97 Å². The molecule has 1 aromatic heterocycles. The molecule has 20 heavy (non-hydrogen) atoms. The highest BCUT2D eigenvalue weighted by Gasteiger charge is 2.16. The number of aryl methyl sites for hydroxylation is 2. The van der Waals surface area contributed by atoms with Crippen molar-refractivity contribution < 1.29 is 14.8 Å². The smallest absolute Gasteiger partial charge is 0.339 e. The van der Waals surface area contributed by atoms with Crippen LogP contribution >= 0.6 is 0 Å². The normalized spacial score (nSPS) is 10.3. The highest BCUT2D eigenvalue weighted by Crippen LogP contribution is 2.21. The molecule has 2 aromatic rings. The molecule has 1 heterocycles. The van der Waals surface area contributed by atoms with E-state index in [1.54, 1.807) is 13.8 Å². The maximum Gasteiger partial charge on any atom is 0.339 e. The lowest BCUT2D eigenvalue weighted by atomic mass is 10.1. The fourth-order valence-corrected chi connectivity index (χ4v) is 1.89. The molecule has 0 radical (unpaired) electrons. The van der Waals surface area contributed by atoms with Crippen LogP contribution < -0.4 is 0 Å². The molecule has 1 aromatic carbocycles. The first-order chi connectivity index (χ1) is 9.40. The zero-order valence-electron chi connectivity index (χ0n) is 10.8. The van der Waals surface area contributed by atoms with Crippen molar-refractivity contribution in [3.63, 3.8) is 0 Å². The van der Waals surface area contributed by atoms with E-state index in [0.29, 0.717) is 22.8 Å². The monoisotopic (exact) mass is 273 g/mol. The number of nitrogens with zero attached hydrogens (tertiary/aromatic N) is 3. The molecule has 0 spiro atoms. The number of benzene rings is 1. The van der Waals surface area contributed by atoms with Gasteiger partial charge in [0.05, 0.1) is 16.3 Å². The number of nitro benzene ring substituents is 1. The summed E-state index contributed by atoms with van der Waals surface area (Å²) in [4.78, 5) is 29.4. The Kier molecular flexibility index (Phi) is 3.43. The number of carboxylic acid groups (broad SMARTS) is 1. The predicted molar refractivity (Wildman–Crippen MR) is 70.6 cm³/mol. The quantitative estimate of drug-likeness (QED) is 0.679. The molecular formula is C13H11N3O4. The molecule has 102 valence electrons. The number of aromatic nitrogens is 2. The van der Waals surface area contributed by atoms with Crippen LogP contribution in [0.5, 0.6) is 0 Å². The van der Waals surface area contributed by atoms with E-state index in [9.17, 15) is 14.9 Å². The Hall–Kier alpha value is -2.83. The molecule has 0 amide bonds. The molecule has 1 N–H and O–H groups in total. The average molecular weight is 273 g/mol. The van der Waals surface area contributed by atoms with Gasteiger partial charge in [-0.1, -0.05) is 0 Å². The van der Waals surface area contributed by atoms with Crippen LogP contribution in [0.15, 0.2) is 24.3 Å². The third-order valence-corrected chi connectivity index (χ3v) is 2.82. The minimum atomic E-state index is -1.07. The minimum Gasteiger partial charge on any atom is -0.478 e. The van der Waals surface area contributed by atoms with Crippen LogP contribution in [0, 0.1) is 24.0 Å². The SMILES string of the molecule is Cc1nc(-c2ccc([N+](=O)[O-])cc2)nc(C)c1C(=O)O. The van der Waals surface area contributed by atoms with Crippen LogP contribution in [0.4, 0.5) is 5.69 Å². The van der Waals surface area contributed by atoms with Crippen LogP contribution in [0.1, 0.15) is 21.7 Å². The van der Waals surface area contributed by atoms with Crippen molar-refractivity contribution in [2.45, 2.75) is 13.8 Å². The van der Waals surface area contributed by atoms with Crippen LogP contribution in [0.25, 0.3) is 11.4 Å². The summed E-state index contributed by atoms with van der Waals surface area (Å²) >= 11 is 0. The second kappa shape index (κ2) is 5.04. The molecule has 0 saturated carbocycles. The third-order valence-electron chi connectivity index (χ3n) is 2.82. The maximum atomic E-state index is 11.1. The first kappa shape index (κ1) is 13.6. The molecule has 0 saturated heterocycles. The molecule has 7 nitrogen and oxygen atoms in total. The lowest BCUT2D eigenvalue weighted by Crippen LogP contribution is -2.08. The molecule has 0 aliphatic carbocycles. The Morgan fingerprint density at radius 1 is 1.15 bits per heavy atom. The number of carbonyl (C=O) groups is 1. The lowest BCUT2D eigenvalue weighted by Gasteiger charge is -2.07. The van der Waals surface area contributed by atoms with Gasteiger partial charge in [-0.3, -0.25) is 10.1 Å². The van der Waals surface area contributed by atoms with Crippen LogP contribution in [0.3, 0.4) is 0 Å². The van der Waals surface area contributed by atoms with Gasteiger partial charge in [-0.05, 0) is 26.0 Å². The lowest BCUT2D eigenvalue weighted by molar-refractivity contribution is -0.384. The molecule has 0 fully saturated rings. The second-order valence-electron chi connectivity index (χ2n) is 4.20. The maximum absolute atomic E-state index is 11.1. The molecule has 7 heteroatoms. The van der Waals surface area contributed by atoms with Gasteiger partial charge in [-0.2, -0.15) is 0 Å². The van der Waals surface area contributed by atoms with E-state index >= 15 is 0 Å². The number of rotatable bonds is 3. The zero-order valence-corrected chi connectivity index (χ0v) is 10.8. The largest absolute Gasteiger partial charge is 0.478 e. The molecule has 2 rings (SSSR count). The molecule has 0 aliphatic heterocycles. The Labute approximate surface area is 114 Å². The Balaban J connectivity index is 2.48. The summed E-state index contributed by atoms with van der Waals surface area (Å²) in [7, 11) is 0. The Morgan fingerprint density at radius 2 is 1.65 bits per heavy atom. The van der Waals surface area contributed by atoms with Gasteiger partial charge < -0.3 is 5.11 Å². The minimum absolute atomic E-state index is 0.0237. The Bertz CT molecular complexity index is 672. The summed E-state index contributed by atoms with van der Waals surface area (Å²) in [5.41, 5.74) is 1.37. The van der Waals surface area contributed by atoms with Crippen LogP contribution in [0.2, 0.25) is 0 Å². The van der Waals surface area contributed by atoms with E-state index < -0.39 is 10.9 Å². The average Bonchev–Trinajstić information content (AvgIpc) is 2.37. The van der Waals surface area contributed by atoms with Crippen molar-refractivity contribution >= 4 is 11.7 Å². The standard InChI is InChI=1S/C13H11N3O4/c1-7-11(13(17)18)8(2)15-12(14-7)9-3-5-10(6-4-9)16(19)20/h3-6H,1-2H3,(H,17,18). The molecule has 0 unspecified atom stereocenters. The van der Waals surface area contributed by atoms with Crippen molar-refractivity contribution in [3.8, 4) is 11.4 Å². The van der Waals surface area contributed by atoms with E-state index in [2.05, 4.69) is 9.97 Å². The highest BCUT2D eigenvalue weighted by molar-refractivity contribution is 5.90. The molecule has 0 atom stereocenters.